The van der Waals surface area contributed by atoms with E-state index in [2.05, 4.69) is 56.5 Å². The van der Waals surface area contributed by atoms with Crippen LogP contribution >= 0.6 is 0 Å². The van der Waals surface area contributed by atoms with Crippen molar-refractivity contribution in [1.82, 2.24) is 4.57 Å². The number of nitrogens with zero attached hydrogens (tertiary/aromatic N) is 2. The van der Waals surface area contributed by atoms with Crippen LogP contribution in [0.2, 0.25) is 0 Å². The van der Waals surface area contributed by atoms with Crippen molar-refractivity contribution < 1.29 is 4.92 Å². The molecule has 1 aromatic heterocycles. The van der Waals surface area contributed by atoms with Crippen molar-refractivity contribution in [3.8, 4) is 11.1 Å². The molecule has 1 heterocycles. The Balaban J connectivity index is 2.07. The smallest absolute Gasteiger partial charge is 0.269 e. The molecule has 0 spiro atoms. The van der Waals surface area contributed by atoms with Crippen molar-refractivity contribution in [2.24, 2.45) is 0 Å². The molecule has 3 aromatic rings. The first-order valence-corrected chi connectivity index (χ1v) is 8.91. The van der Waals surface area contributed by atoms with Crippen LogP contribution in [0, 0.1) is 30.9 Å². The van der Waals surface area contributed by atoms with Gasteiger partial charge in [0.25, 0.3) is 5.69 Å². The highest BCUT2D eigenvalue weighted by atomic mass is 16.6. The molecule has 134 valence electrons. The molecular weight excluding hydrogens is 324 g/mol. The van der Waals surface area contributed by atoms with Gasteiger partial charge in [-0.1, -0.05) is 36.8 Å². The number of nitro groups is 1. The molecular formula is C22H24N2O2. The van der Waals surface area contributed by atoms with Crippen molar-refractivity contribution in [2.45, 2.75) is 40.7 Å². The Morgan fingerprint density at radius 2 is 1.69 bits per heavy atom. The molecule has 0 unspecified atom stereocenters. The third-order valence-electron chi connectivity index (χ3n) is 5.05. The number of nitro benzene ring substituents is 1. The fraction of sp³-hybridized carbons (Fsp3) is 0.273. The largest absolute Gasteiger partial charge is 0.344 e. The topological polar surface area (TPSA) is 48.1 Å². The Kier molecular flexibility index (Phi) is 4.94. The first-order chi connectivity index (χ1) is 12.4. The highest BCUT2D eigenvalue weighted by molar-refractivity contribution is 5.73. The Labute approximate surface area is 154 Å². The van der Waals surface area contributed by atoms with Crippen LogP contribution in [0.15, 0.2) is 48.5 Å². The summed E-state index contributed by atoms with van der Waals surface area (Å²) in [6, 6.07) is 15.5. The lowest BCUT2D eigenvalue weighted by molar-refractivity contribution is -0.384. The Bertz CT molecular complexity index is 953. The predicted molar refractivity (Wildman–Crippen MR) is 106 cm³/mol. The first-order valence-electron chi connectivity index (χ1n) is 8.91. The van der Waals surface area contributed by atoms with Gasteiger partial charge in [-0.3, -0.25) is 10.1 Å². The average molecular weight is 348 g/mol. The molecule has 0 saturated heterocycles. The van der Waals surface area contributed by atoms with E-state index in [1.165, 1.54) is 33.6 Å². The van der Waals surface area contributed by atoms with Gasteiger partial charge >= 0.3 is 0 Å². The molecule has 2 aromatic carbocycles. The number of benzene rings is 2. The molecule has 0 bridgehead atoms. The first kappa shape index (κ1) is 17.9. The van der Waals surface area contributed by atoms with Crippen LogP contribution in [-0.4, -0.2) is 9.49 Å². The minimum Gasteiger partial charge on any atom is -0.344 e. The Morgan fingerprint density at radius 1 is 1.00 bits per heavy atom. The fourth-order valence-electron chi connectivity index (χ4n) is 3.74. The molecule has 0 aliphatic heterocycles. The molecule has 4 heteroatoms. The third-order valence-corrected chi connectivity index (χ3v) is 5.05. The number of hydrogen-bond acceptors (Lipinski definition) is 2. The van der Waals surface area contributed by atoms with Crippen molar-refractivity contribution in [3.05, 3.63) is 86.7 Å². The number of aromatic nitrogens is 1. The fourth-order valence-corrected chi connectivity index (χ4v) is 3.74. The summed E-state index contributed by atoms with van der Waals surface area (Å²) in [5.41, 5.74) is 8.68. The minimum absolute atomic E-state index is 0.125. The molecule has 0 radical (unpaired) electrons. The second-order valence-corrected chi connectivity index (χ2v) is 6.76. The van der Waals surface area contributed by atoms with Crippen LogP contribution in [0.3, 0.4) is 0 Å². The van der Waals surface area contributed by atoms with Crippen LogP contribution in [0.25, 0.3) is 11.1 Å². The zero-order valence-corrected chi connectivity index (χ0v) is 15.7. The Morgan fingerprint density at radius 3 is 2.27 bits per heavy atom. The number of non-ortho nitro benzene ring substituents is 1. The van der Waals surface area contributed by atoms with Gasteiger partial charge in [-0.2, -0.15) is 0 Å². The predicted octanol–water partition coefficient (Wildman–Crippen LogP) is 5.60. The summed E-state index contributed by atoms with van der Waals surface area (Å²) in [7, 11) is 0. The normalized spacial score (nSPS) is 10.9. The van der Waals surface area contributed by atoms with Crippen molar-refractivity contribution in [3.63, 3.8) is 0 Å². The lowest BCUT2D eigenvalue weighted by atomic mass is 9.99. The second kappa shape index (κ2) is 7.16. The maximum Gasteiger partial charge on any atom is 0.269 e. The SMILES string of the molecule is CCc1c(-c2ccc([N+](=O)[O-])cc2)c(C)n(Cc2cccc(C)c2)c1C. The lowest BCUT2D eigenvalue weighted by Gasteiger charge is -2.11. The summed E-state index contributed by atoms with van der Waals surface area (Å²) in [4.78, 5) is 10.6. The van der Waals surface area contributed by atoms with Gasteiger partial charge in [0, 0.05) is 35.6 Å². The van der Waals surface area contributed by atoms with Crippen LogP contribution in [0.4, 0.5) is 5.69 Å². The van der Waals surface area contributed by atoms with Crippen molar-refractivity contribution in [2.75, 3.05) is 0 Å². The van der Waals surface area contributed by atoms with Crippen LogP contribution < -0.4 is 0 Å². The molecule has 0 aliphatic rings. The van der Waals surface area contributed by atoms with Gasteiger partial charge in [-0.25, -0.2) is 0 Å². The van der Waals surface area contributed by atoms with Crippen molar-refractivity contribution in [1.29, 1.82) is 0 Å². The van der Waals surface area contributed by atoms with E-state index < -0.39 is 0 Å². The van der Waals surface area contributed by atoms with E-state index in [-0.39, 0.29) is 10.6 Å². The summed E-state index contributed by atoms with van der Waals surface area (Å²) in [6.45, 7) is 9.40. The molecule has 26 heavy (non-hydrogen) atoms. The molecule has 4 nitrogen and oxygen atoms in total. The molecule has 3 rings (SSSR count). The maximum atomic E-state index is 10.9. The van der Waals surface area contributed by atoms with Crippen molar-refractivity contribution >= 4 is 5.69 Å². The molecule has 0 saturated carbocycles. The molecule has 0 atom stereocenters. The van der Waals surface area contributed by atoms with E-state index in [1.54, 1.807) is 12.1 Å². The number of rotatable bonds is 5. The van der Waals surface area contributed by atoms with Crippen LogP contribution in [0.1, 0.15) is 35.0 Å². The zero-order valence-electron chi connectivity index (χ0n) is 15.7. The summed E-state index contributed by atoms with van der Waals surface area (Å²) in [5.74, 6) is 0. The van der Waals surface area contributed by atoms with Crippen LogP contribution in [-0.2, 0) is 13.0 Å². The van der Waals surface area contributed by atoms with Gasteiger partial charge in [0.2, 0.25) is 0 Å². The summed E-state index contributed by atoms with van der Waals surface area (Å²) in [6.07, 6.45) is 0.930. The lowest BCUT2D eigenvalue weighted by Crippen LogP contribution is -2.04. The summed E-state index contributed by atoms with van der Waals surface area (Å²) >= 11 is 0. The standard InChI is InChI=1S/C22H24N2O2/c1-5-21-16(3)23(14-18-8-6-7-15(2)13-18)17(4)22(21)19-9-11-20(12-10-19)24(25)26/h6-13H,5,14H2,1-4H3. The zero-order chi connectivity index (χ0) is 18.8. The maximum absolute atomic E-state index is 10.9. The van der Waals surface area contributed by atoms with E-state index in [0.29, 0.717) is 0 Å². The number of hydrogen-bond donors (Lipinski definition) is 0. The Hall–Kier alpha value is -2.88. The van der Waals surface area contributed by atoms with E-state index in [4.69, 9.17) is 0 Å². The van der Waals surface area contributed by atoms with Gasteiger partial charge in [-0.05, 0) is 56.0 Å². The van der Waals surface area contributed by atoms with E-state index in [9.17, 15) is 10.1 Å². The second-order valence-electron chi connectivity index (χ2n) is 6.76. The number of aryl methyl sites for hydroxylation is 1. The van der Waals surface area contributed by atoms with Gasteiger partial charge in [0.05, 0.1) is 4.92 Å². The van der Waals surface area contributed by atoms with Gasteiger partial charge in [0.15, 0.2) is 0 Å². The molecule has 0 fully saturated rings. The highest BCUT2D eigenvalue weighted by Gasteiger charge is 2.18. The van der Waals surface area contributed by atoms with Crippen LogP contribution in [0.5, 0.6) is 0 Å². The summed E-state index contributed by atoms with van der Waals surface area (Å²) in [5, 5.41) is 10.9. The van der Waals surface area contributed by atoms with E-state index in [1.807, 2.05) is 12.1 Å². The van der Waals surface area contributed by atoms with E-state index in [0.717, 1.165) is 18.5 Å². The van der Waals surface area contributed by atoms with E-state index >= 15 is 0 Å². The van der Waals surface area contributed by atoms with Gasteiger partial charge < -0.3 is 4.57 Å². The minimum atomic E-state index is -0.356. The molecule has 0 N–H and O–H groups in total. The average Bonchev–Trinajstić information content (AvgIpc) is 2.86. The molecule has 0 amide bonds. The highest BCUT2D eigenvalue weighted by Crippen LogP contribution is 2.34. The van der Waals surface area contributed by atoms with Gasteiger partial charge in [0.1, 0.15) is 0 Å². The summed E-state index contributed by atoms with van der Waals surface area (Å²) < 4.78 is 2.35. The monoisotopic (exact) mass is 348 g/mol. The quantitative estimate of drug-likeness (QED) is 0.445. The molecule has 0 aliphatic carbocycles. The van der Waals surface area contributed by atoms with Gasteiger partial charge in [-0.15, -0.1) is 0 Å². The third kappa shape index (κ3) is 3.27.